The summed E-state index contributed by atoms with van der Waals surface area (Å²) in [4.78, 5) is 0. The third kappa shape index (κ3) is 1.78. The van der Waals surface area contributed by atoms with Gasteiger partial charge in [0.15, 0.2) is 0 Å². The standard InChI is InChI=1S/C5H8BrO/c6-5-3-1-2-4-7-5/h4-5H,1-3H2. The number of rotatable bonds is 0. The second-order valence-corrected chi connectivity index (χ2v) is 2.67. The second-order valence-electron chi connectivity index (χ2n) is 1.64. The van der Waals surface area contributed by atoms with E-state index in [0.29, 0.717) is 5.01 Å². The Kier molecular flexibility index (Phi) is 2.13. The maximum Gasteiger partial charge on any atom is 0.113 e. The molecule has 0 saturated carbocycles. The third-order valence-corrected chi connectivity index (χ3v) is 1.67. The Morgan fingerprint density at radius 2 is 2.57 bits per heavy atom. The van der Waals surface area contributed by atoms with Gasteiger partial charge in [-0.2, -0.15) is 0 Å². The molecular formula is C5H8BrO. The van der Waals surface area contributed by atoms with Crippen molar-refractivity contribution in [3.8, 4) is 0 Å². The highest BCUT2D eigenvalue weighted by atomic mass is 79.9. The quantitative estimate of drug-likeness (QED) is 0.498. The highest BCUT2D eigenvalue weighted by Crippen LogP contribution is 2.19. The zero-order valence-corrected chi connectivity index (χ0v) is 5.65. The van der Waals surface area contributed by atoms with Crippen molar-refractivity contribution in [3.63, 3.8) is 0 Å². The molecule has 0 amide bonds. The van der Waals surface area contributed by atoms with Crippen LogP contribution in [0, 0.1) is 6.61 Å². The van der Waals surface area contributed by atoms with E-state index in [-0.39, 0.29) is 0 Å². The van der Waals surface area contributed by atoms with Gasteiger partial charge in [0.25, 0.3) is 0 Å². The zero-order valence-electron chi connectivity index (χ0n) is 4.06. The summed E-state index contributed by atoms with van der Waals surface area (Å²) >= 11 is 3.33. The minimum absolute atomic E-state index is 0.293. The first-order chi connectivity index (χ1) is 3.39. The van der Waals surface area contributed by atoms with E-state index in [1.165, 1.54) is 6.42 Å². The predicted molar refractivity (Wildman–Crippen MR) is 32.0 cm³/mol. The molecule has 1 rings (SSSR count). The van der Waals surface area contributed by atoms with Gasteiger partial charge in [-0.05, 0) is 19.3 Å². The molecule has 0 aliphatic carbocycles. The van der Waals surface area contributed by atoms with Crippen molar-refractivity contribution in [3.05, 3.63) is 6.61 Å². The number of halogens is 1. The molecule has 7 heavy (non-hydrogen) atoms. The van der Waals surface area contributed by atoms with Crippen molar-refractivity contribution in [2.24, 2.45) is 0 Å². The van der Waals surface area contributed by atoms with Crippen LogP contribution in [-0.4, -0.2) is 5.01 Å². The van der Waals surface area contributed by atoms with E-state index >= 15 is 0 Å². The van der Waals surface area contributed by atoms with Crippen LogP contribution in [0.25, 0.3) is 0 Å². The van der Waals surface area contributed by atoms with E-state index in [0.717, 1.165) is 12.8 Å². The normalized spacial score (nSPS) is 33.0. The Labute approximate surface area is 52.2 Å². The van der Waals surface area contributed by atoms with Gasteiger partial charge in [0.2, 0.25) is 0 Å². The summed E-state index contributed by atoms with van der Waals surface area (Å²) in [7, 11) is 0. The lowest BCUT2D eigenvalue weighted by Gasteiger charge is -2.15. The van der Waals surface area contributed by atoms with Crippen LogP contribution < -0.4 is 0 Å². The molecule has 0 spiro atoms. The summed E-state index contributed by atoms with van der Waals surface area (Å²) in [5, 5.41) is 0.293. The van der Waals surface area contributed by atoms with Crippen molar-refractivity contribution < 1.29 is 4.74 Å². The van der Waals surface area contributed by atoms with E-state index < -0.39 is 0 Å². The highest BCUT2D eigenvalue weighted by molar-refractivity contribution is 9.09. The number of alkyl halides is 1. The maximum absolute atomic E-state index is 5.07. The summed E-state index contributed by atoms with van der Waals surface area (Å²) in [6.07, 6.45) is 3.52. The minimum atomic E-state index is 0.293. The fourth-order valence-corrected chi connectivity index (χ4v) is 1.08. The van der Waals surface area contributed by atoms with Crippen molar-refractivity contribution in [1.82, 2.24) is 0 Å². The highest BCUT2D eigenvalue weighted by Gasteiger charge is 2.08. The van der Waals surface area contributed by atoms with Crippen molar-refractivity contribution in [2.75, 3.05) is 0 Å². The number of ether oxygens (including phenoxy) is 1. The van der Waals surface area contributed by atoms with Crippen LogP contribution in [0.3, 0.4) is 0 Å². The summed E-state index contributed by atoms with van der Waals surface area (Å²) in [6, 6.07) is 0. The van der Waals surface area contributed by atoms with Crippen LogP contribution in [0.1, 0.15) is 19.3 Å². The van der Waals surface area contributed by atoms with Crippen molar-refractivity contribution in [1.29, 1.82) is 0 Å². The van der Waals surface area contributed by atoms with E-state index in [1.54, 1.807) is 0 Å². The first-order valence-corrected chi connectivity index (χ1v) is 3.42. The molecule has 0 bridgehead atoms. The van der Waals surface area contributed by atoms with Gasteiger partial charge in [-0.3, -0.25) is 0 Å². The molecule has 2 heteroatoms. The lowest BCUT2D eigenvalue weighted by Crippen LogP contribution is -2.07. The zero-order chi connectivity index (χ0) is 5.11. The Hall–Kier alpha value is 0.440. The van der Waals surface area contributed by atoms with Gasteiger partial charge in [0.05, 0.1) is 6.61 Å². The van der Waals surface area contributed by atoms with Gasteiger partial charge in [0, 0.05) is 0 Å². The molecule has 0 aromatic carbocycles. The molecule has 1 aliphatic rings. The van der Waals surface area contributed by atoms with E-state index in [2.05, 4.69) is 15.9 Å². The van der Waals surface area contributed by atoms with E-state index in [9.17, 15) is 0 Å². The molecule has 1 aliphatic heterocycles. The first kappa shape index (κ1) is 5.57. The summed E-state index contributed by atoms with van der Waals surface area (Å²) in [5.74, 6) is 0. The van der Waals surface area contributed by atoms with Gasteiger partial charge in [-0.25, -0.2) is 0 Å². The smallest absolute Gasteiger partial charge is 0.113 e. The van der Waals surface area contributed by atoms with Gasteiger partial charge >= 0.3 is 0 Å². The average Bonchev–Trinajstić information content (AvgIpc) is 1.69. The predicted octanol–water partition coefficient (Wildman–Crippen LogP) is 2.07. The molecular weight excluding hydrogens is 156 g/mol. The van der Waals surface area contributed by atoms with E-state index in [1.807, 2.05) is 6.61 Å². The molecule has 1 atom stereocenters. The summed E-state index contributed by atoms with van der Waals surface area (Å²) < 4.78 is 5.07. The molecule has 1 fully saturated rings. The van der Waals surface area contributed by atoms with Crippen LogP contribution in [0.2, 0.25) is 0 Å². The van der Waals surface area contributed by atoms with E-state index in [4.69, 9.17) is 4.74 Å². The van der Waals surface area contributed by atoms with Gasteiger partial charge in [0.1, 0.15) is 5.01 Å². The molecule has 1 unspecified atom stereocenters. The van der Waals surface area contributed by atoms with Crippen LogP contribution >= 0.6 is 15.9 Å². The molecule has 1 radical (unpaired) electrons. The summed E-state index contributed by atoms with van der Waals surface area (Å²) in [5.41, 5.74) is 0. The molecule has 1 nitrogen and oxygen atoms in total. The Morgan fingerprint density at radius 3 is 2.86 bits per heavy atom. The van der Waals surface area contributed by atoms with Crippen LogP contribution in [-0.2, 0) is 4.74 Å². The number of hydrogen-bond acceptors (Lipinski definition) is 1. The topological polar surface area (TPSA) is 9.23 Å². The average molecular weight is 164 g/mol. The molecule has 1 saturated heterocycles. The monoisotopic (exact) mass is 163 g/mol. The maximum atomic E-state index is 5.07. The van der Waals surface area contributed by atoms with Crippen molar-refractivity contribution in [2.45, 2.75) is 24.3 Å². The Morgan fingerprint density at radius 1 is 1.71 bits per heavy atom. The van der Waals surface area contributed by atoms with Crippen LogP contribution in [0.5, 0.6) is 0 Å². The van der Waals surface area contributed by atoms with Crippen molar-refractivity contribution >= 4 is 15.9 Å². The third-order valence-electron chi connectivity index (χ3n) is 0.997. The van der Waals surface area contributed by atoms with Crippen LogP contribution in [0.15, 0.2) is 0 Å². The Balaban J connectivity index is 2.12. The van der Waals surface area contributed by atoms with Crippen LogP contribution in [0.4, 0.5) is 0 Å². The molecule has 0 N–H and O–H groups in total. The number of hydrogen-bond donors (Lipinski definition) is 0. The van der Waals surface area contributed by atoms with Gasteiger partial charge in [-0.15, -0.1) is 0 Å². The lowest BCUT2D eigenvalue weighted by atomic mass is 10.2. The molecule has 1 heterocycles. The van der Waals surface area contributed by atoms with Gasteiger partial charge < -0.3 is 4.74 Å². The molecule has 0 aromatic rings. The first-order valence-electron chi connectivity index (χ1n) is 2.51. The molecule has 41 valence electrons. The fourth-order valence-electron chi connectivity index (χ4n) is 0.602. The minimum Gasteiger partial charge on any atom is -0.361 e. The second kappa shape index (κ2) is 2.68. The van der Waals surface area contributed by atoms with Gasteiger partial charge in [-0.1, -0.05) is 15.9 Å². The lowest BCUT2D eigenvalue weighted by molar-refractivity contribution is 0.134. The Bertz CT molecular complexity index is 50.0. The SMILES string of the molecule is BrC1CCC[CH]O1. The molecule has 0 aromatic heterocycles. The summed E-state index contributed by atoms with van der Waals surface area (Å²) in [6.45, 7) is 1.86. The fraction of sp³-hybridized carbons (Fsp3) is 0.800. The largest absolute Gasteiger partial charge is 0.361 e.